The van der Waals surface area contributed by atoms with Crippen LogP contribution in [0, 0.1) is 0 Å². The number of thiazole rings is 1. The molecule has 0 unspecified atom stereocenters. The minimum Gasteiger partial charge on any atom is -0.345 e. The summed E-state index contributed by atoms with van der Waals surface area (Å²) < 4.78 is 2.26. The predicted octanol–water partition coefficient (Wildman–Crippen LogP) is 5.10. The molecule has 1 aliphatic heterocycles. The molecule has 4 nitrogen and oxygen atoms in total. The number of aromatic nitrogens is 1. The van der Waals surface area contributed by atoms with Crippen molar-refractivity contribution in [2.45, 2.75) is 6.42 Å². The first kappa shape index (κ1) is 18.6. The highest BCUT2D eigenvalue weighted by Crippen LogP contribution is 2.31. The molecule has 6 heteroatoms. The third-order valence-electron chi connectivity index (χ3n) is 5.46. The second-order valence-electron chi connectivity index (χ2n) is 7.29. The van der Waals surface area contributed by atoms with Gasteiger partial charge in [-0.15, -0.1) is 0 Å². The molecule has 1 fully saturated rings. The van der Waals surface area contributed by atoms with Crippen LogP contribution in [0.25, 0.3) is 21.0 Å². The van der Waals surface area contributed by atoms with Crippen molar-refractivity contribution in [3.05, 3.63) is 70.7 Å². The molecular formula is C23H20BrN3OS. The van der Waals surface area contributed by atoms with E-state index < -0.39 is 0 Å². The van der Waals surface area contributed by atoms with E-state index in [9.17, 15) is 4.79 Å². The first-order valence-electron chi connectivity index (χ1n) is 9.73. The lowest BCUT2D eigenvalue weighted by molar-refractivity contribution is -0.130. The van der Waals surface area contributed by atoms with Crippen LogP contribution in [0.1, 0.15) is 5.56 Å². The molecule has 0 radical (unpaired) electrons. The van der Waals surface area contributed by atoms with Gasteiger partial charge < -0.3 is 9.80 Å². The topological polar surface area (TPSA) is 36.4 Å². The second-order valence-corrected chi connectivity index (χ2v) is 9.22. The lowest BCUT2D eigenvalue weighted by atomic mass is 10.0. The molecule has 1 amide bonds. The molecule has 4 aromatic rings. The zero-order chi connectivity index (χ0) is 19.8. The Morgan fingerprint density at radius 2 is 1.79 bits per heavy atom. The molecule has 0 bridgehead atoms. The molecule has 146 valence electrons. The SMILES string of the molecule is O=C(Cc1cccc2ccccc12)N1CCN(c2nc3ccc(Br)cc3s2)CC1. The van der Waals surface area contributed by atoms with E-state index in [0.29, 0.717) is 6.42 Å². The number of anilines is 1. The van der Waals surface area contributed by atoms with Crippen molar-refractivity contribution in [3.63, 3.8) is 0 Å². The van der Waals surface area contributed by atoms with Crippen molar-refractivity contribution in [2.75, 3.05) is 31.1 Å². The third kappa shape index (κ3) is 3.74. The summed E-state index contributed by atoms with van der Waals surface area (Å²) in [7, 11) is 0. The van der Waals surface area contributed by atoms with E-state index >= 15 is 0 Å². The van der Waals surface area contributed by atoms with Crippen molar-refractivity contribution in [1.82, 2.24) is 9.88 Å². The van der Waals surface area contributed by atoms with Crippen LogP contribution in [0.3, 0.4) is 0 Å². The summed E-state index contributed by atoms with van der Waals surface area (Å²) >= 11 is 5.24. The first-order valence-corrected chi connectivity index (χ1v) is 11.3. The number of halogens is 1. The highest BCUT2D eigenvalue weighted by Gasteiger charge is 2.23. The quantitative estimate of drug-likeness (QED) is 0.422. The van der Waals surface area contributed by atoms with Gasteiger partial charge in [-0.3, -0.25) is 4.79 Å². The number of hydrogen-bond donors (Lipinski definition) is 0. The van der Waals surface area contributed by atoms with Gasteiger partial charge >= 0.3 is 0 Å². The van der Waals surface area contributed by atoms with Crippen LogP contribution < -0.4 is 4.90 Å². The zero-order valence-corrected chi connectivity index (χ0v) is 18.2. The van der Waals surface area contributed by atoms with E-state index in [0.717, 1.165) is 46.9 Å². The Hall–Kier alpha value is -2.44. The molecule has 0 spiro atoms. The van der Waals surface area contributed by atoms with Gasteiger partial charge in [0.2, 0.25) is 5.91 Å². The lowest BCUT2D eigenvalue weighted by Crippen LogP contribution is -2.49. The minimum absolute atomic E-state index is 0.203. The van der Waals surface area contributed by atoms with Crippen molar-refractivity contribution in [1.29, 1.82) is 0 Å². The molecule has 1 aromatic heterocycles. The van der Waals surface area contributed by atoms with Gasteiger partial charge in [-0.25, -0.2) is 4.98 Å². The number of benzene rings is 3. The Kier molecular flexibility index (Phi) is 4.97. The Balaban J connectivity index is 1.26. The summed E-state index contributed by atoms with van der Waals surface area (Å²) in [4.78, 5) is 22.0. The van der Waals surface area contributed by atoms with Crippen LogP contribution in [0.15, 0.2) is 65.1 Å². The molecule has 2 heterocycles. The summed E-state index contributed by atoms with van der Waals surface area (Å²) in [5, 5.41) is 3.40. The maximum atomic E-state index is 12.9. The van der Waals surface area contributed by atoms with E-state index in [1.54, 1.807) is 11.3 Å². The van der Waals surface area contributed by atoms with E-state index in [4.69, 9.17) is 4.98 Å². The molecule has 1 aliphatic rings. The van der Waals surface area contributed by atoms with Gasteiger partial charge in [-0.1, -0.05) is 69.7 Å². The number of rotatable bonds is 3. The number of hydrogen-bond acceptors (Lipinski definition) is 4. The van der Waals surface area contributed by atoms with Gasteiger partial charge in [-0.05, 0) is 34.5 Å². The highest BCUT2D eigenvalue weighted by molar-refractivity contribution is 9.10. The summed E-state index contributed by atoms with van der Waals surface area (Å²) in [6.07, 6.45) is 0.455. The molecule has 29 heavy (non-hydrogen) atoms. The molecule has 5 rings (SSSR count). The number of fused-ring (bicyclic) bond motifs is 2. The maximum Gasteiger partial charge on any atom is 0.227 e. The predicted molar refractivity (Wildman–Crippen MR) is 124 cm³/mol. The molecule has 3 aromatic carbocycles. The van der Waals surface area contributed by atoms with E-state index in [1.807, 2.05) is 35.2 Å². The van der Waals surface area contributed by atoms with Crippen molar-refractivity contribution in [2.24, 2.45) is 0 Å². The summed E-state index contributed by atoms with van der Waals surface area (Å²) in [5.41, 5.74) is 2.13. The zero-order valence-electron chi connectivity index (χ0n) is 15.8. The van der Waals surface area contributed by atoms with Crippen LogP contribution >= 0.6 is 27.3 Å². The fourth-order valence-electron chi connectivity index (χ4n) is 3.89. The van der Waals surface area contributed by atoms with Gasteiger partial charge in [0.25, 0.3) is 0 Å². The third-order valence-corrected chi connectivity index (χ3v) is 7.04. The molecule has 0 N–H and O–H groups in total. The second kappa shape index (κ2) is 7.76. The largest absolute Gasteiger partial charge is 0.345 e. The molecule has 0 aliphatic carbocycles. The minimum atomic E-state index is 0.203. The summed E-state index contributed by atoms with van der Waals surface area (Å²) in [6, 6.07) is 20.6. The lowest BCUT2D eigenvalue weighted by Gasteiger charge is -2.34. The first-order chi connectivity index (χ1) is 14.2. The number of carbonyl (C=O) groups is 1. The smallest absolute Gasteiger partial charge is 0.227 e. The highest BCUT2D eigenvalue weighted by atomic mass is 79.9. The Labute approximate surface area is 181 Å². The maximum absolute atomic E-state index is 12.9. The van der Waals surface area contributed by atoms with Gasteiger partial charge in [-0.2, -0.15) is 0 Å². The fraction of sp³-hybridized carbons (Fsp3) is 0.217. The standard InChI is InChI=1S/C23H20BrN3OS/c24-18-8-9-20-21(15-18)29-23(25-20)27-12-10-26(11-13-27)22(28)14-17-6-3-5-16-4-1-2-7-19(16)17/h1-9,15H,10-14H2. The number of carbonyl (C=O) groups excluding carboxylic acids is 1. The molecule has 0 atom stereocenters. The molecule has 1 saturated heterocycles. The van der Waals surface area contributed by atoms with E-state index in [2.05, 4.69) is 51.2 Å². The number of nitrogens with zero attached hydrogens (tertiary/aromatic N) is 3. The van der Waals surface area contributed by atoms with Crippen molar-refractivity contribution < 1.29 is 4.79 Å². The Morgan fingerprint density at radius 1 is 1.00 bits per heavy atom. The van der Waals surface area contributed by atoms with Crippen molar-refractivity contribution in [3.8, 4) is 0 Å². The number of piperazine rings is 1. The van der Waals surface area contributed by atoms with Gasteiger partial charge in [0.05, 0.1) is 16.6 Å². The van der Waals surface area contributed by atoms with E-state index in [1.165, 1.54) is 15.5 Å². The van der Waals surface area contributed by atoms with Crippen LogP contribution in [-0.4, -0.2) is 42.0 Å². The van der Waals surface area contributed by atoms with Gasteiger partial charge in [0.15, 0.2) is 5.13 Å². The van der Waals surface area contributed by atoms with Crippen LogP contribution in [0.5, 0.6) is 0 Å². The fourth-order valence-corrected chi connectivity index (χ4v) is 5.46. The normalized spacial score (nSPS) is 14.7. The van der Waals surface area contributed by atoms with Crippen LogP contribution in [0.2, 0.25) is 0 Å². The summed E-state index contributed by atoms with van der Waals surface area (Å²) in [5.74, 6) is 0.203. The molecular weight excluding hydrogens is 446 g/mol. The van der Waals surface area contributed by atoms with Crippen molar-refractivity contribution >= 4 is 59.3 Å². The average Bonchev–Trinajstić information content (AvgIpc) is 3.17. The monoisotopic (exact) mass is 465 g/mol. The summed E-state index contributed by atoms with van der Waals surface area (Å²) in [6.45, 7) is 3.12. The van der Waals surface area contributed by atoms with Gasteiger partial charge in [0.1, 0.15) is 0 Å². The van der Waals surface area contributed by atoms with Gasteiger partial charge in [0, 0.05) is 30.7 Å². The molecule has 0 saturated carbocycles. The number of amides is 1. The van der Waals surface area contributed by atoms with E-state index in [-0.39, 0.29) is 5.91 Å². The van der Waals surface area contributed by atoms with Crippen LogP contribution in [0.4, 0.5) is 5.13 Å². The van der Waals surface area contributed by atoms with Crippen LogP contribution in [-0.2, 0) is 11.2 Å². The Morgan fingerprint density at radius 3 is 2.66 bits per heavy atom. The average molecular weight is 466 g/mol. The Bertz CT molecular complexity index is 1190.